The molecule has 2 aliphatic rings. The monoisotopic (exact) mass is 275 g/mol. The zero-order valence-electron chi connectivity index (χ0n) is 12.0. The fraction of sp³-hybridized carbons (Fsp3) is 0.562. The van der Waals surface area contributed by atoms with Crippen molar-refractivity contribution in [2.24, 2.45) is 0 Å². The highest BCUT2D eigenvalue weighted by molar-refractivity contribution is 5.77. The van der Waals surface area contributed by atoms with E-state index in [1.165, 1.54) is 5.56 Å². The molecule has 20 heavy (non-hydrogen) atoms. The maximum absolute atomic E-state index is 11.8. The van der Waals surface area contributed by atoms with Crippen molar-refractivity contribution < 1.29 is 14.3 Å². The minimum absolute atomic E-state index is 0.0340. The lowest BCUT2D eigenvalue weighted by Crippen LogP contribution is -2.40. The molecule has 2 saturated heterocycles. The topological polar surface area (TPSA) is 38.8 Å². The lowest BCUT2D eigenvalue weighted by atomic mass is 9.97. The predicted molar refractivity (Wildman–Crippen MR) is 75.9 cm³/mol. The van der Waals surface area contributed by atoms with Crippen molar-refractivity contribution in [1.82, 2.24) is 4.90 Å². The molecule has 108 valence electrons. The average Bonchev–Trinajstić information content (AvgIpc) is 3.05. The van der Waals surface area contributed by atoms with Crippen molar-refractivity contribution in [3.63, 3.8) is 0 Å². The zero-order valence-corrected chi connectivity index (χ0v) is 12.0. The van der Waals surface area contributed by atoms with Gasteiger partial charge in [0.25, 0.3) is 0 Å². The smallest absolute Gasteiger partial charge is 0.323 e. The fourth-order valence-electron chi connectivity index (χ4n) is 3.39. The Morgan fingerprint density at radius 1 is 1.30 bits per heavy atom. The van der Waals surface area contributed by atoms with E-state index in [0.717, 1.165) is 25.1 Å². The summed E-state index contributed by atoms with van der Waals surface area (Å²) < 4.78 is 10.3. The summed E-state index contributed by atoms with van der Waals surface area (Å²) >= 11 is 0. The number of ether oxygens (including phenoxy) is 2. The van der Waals surface area contributed by atoms with Crippen molar-refractivity contribution in [2.45, 2.75) is 37.8 Å². The molecule has 4 heteroatoms. The van der Waals surface area contributed by atoms with E-state index in [-0.39, 0.29) is 12.0 Å². The molecule has 1 aromatic carbocycles. The molecule has 0 N–H and O–H groups in total. The van der Waals surface area contributed by atoms with Gasteiger partial charge < -0.3 is 9.47 Å². The molecule has 0 radical (unpaired) electrons. The minimum atomic E-state index is -0.0489. The van der Waals surface area contributed by atoms with Gasteiger partial charge in [-0.1, -0.05) is 12.1 Å². The third-order valence-corrected chi connectivity index (χ3v) is 4.52. The highest BCUT2D eigenvalue weighted by Gasteiger charge is 2.40. The minimum Gasteiger partial charge on any atom is -0.497 e. The Morgan fingerprint density at radius 3 is 2.65 bits per heavy atom. The van der Waals surface area contributed by atoms with Gasteiger partial charge in [-0.05, 0) is 37.0 Å². The first-order valence-corrected chi connectivity index (χ1v) is 7.25. The van der Waals surface area contributed by atoms with E-state index in [0.29, 0.717) is 18.6 Å². The van der Waals surface area contributed by atoms with Crippen LogP contribution in [0.1, 0.15) is 31.2 Å². The van der Waals surface area contributed by atoms with Gasteiger partial charge in [0.2, 0.25) is 0 Å². The first-order valence-electron chi connectivity index (χ1n) is 7.25. The largest absolute Gasteiger partial charge is 0.497 e. The second-order valence-corrected chi connectivity index (χ2v) is 5.72. The summed E-state index contributed by atoms with van der Waals surface area (Å²) in [6, 6.07) is 8.67. The Balaban J connectivity index is 1.72. The second-order valence-electron chi connectivity index (χ2n) is 5.72. The standard InChI is InChI=1S/C16H21NO3/c1-11-9-13(12-3-5-14(19-2)6-4-12)10-17(11)15-7-8-20-16(15)18/h3-6,11,13,15H,7-10H2,1-2H3/t11-,13-,15-/m1/s1. The number of esters is 1. The van der Waals surface area contributed by atoms with Crippen molar-refractivity contribution in [3.05, 3.63) is 29.8 Å². The van der Waals surface area contributed by atoms with Crippen molar-refractivity contribution in [2.75, 3.05) is 20.3 Å². The quantitative estimate of drug-likeness (QED) is 0.793. The van der Waals surface area contributed by atoms with Crippen molar-refractivity contribution in [3.8, 4) is 5.75 Å². The van der Waals surface area contributed by atoms with Crippen LogP contribution in [0.5, 0.6) is 5.75 Å². The molecule has 2 fully saturated rings. The van der Waals surface area contributed by atoms with Gasteiger partial charge in [-0.15, -0.1) is 0 Å². The van der Waals surface area contributed by atoms with Gasteiger partial charge in [0.05, 0.1) is 13.7 Å². The van der Waals surface area contributed by atoms with E-state index in [9.17, 15) is 4.79 Å². The first kappa shape index (κ1) is 13.4. The number of benzene rings is 1. The second kappa shape index (κ2) is 5.44. The van der Waals surface area contributed by atoms with E-state index in [1.807, 2.05) is 12.1 Å². The van der Waals surface area contributed by atoms with Crippen LogP contribution >= 0.6 is 0 Å². The van der Waals surface area contributed by atoms with Gasteiger partial charge in [-0.2, -0.15) is 0 Å². The molecular formula is C16H21NO3. The molecule has 4 nitrogen and oxygen atoms in total. The van der Waals surface area contributed by atoms with Crippen molar-refractivity contribution >= 4 is 5.97 Å². The van der Waals surface area contributed by atoms with Crippen LogP contribution in [0.4, 0.5) is 0 Å². The van der Waals surface area contributed by atoms with Gasteiger partial charge in [-0.25, -0.2) is 0 Å². The van der Waals surface area contributed by atoms with E-state index in [1.54, 1.807) is 7.11 Å². The number of hydrogen-bond donors (Lipinski definition) is 0. The highest BCUT2D eigenvalue weighted by Crippen LogP contribution is 2.35. The predicted octanol–water partition coefficient (Wildman–Crippen LogP) is 2.19. The van der Waals surface area contributed by atoms with E-state index in [2.05, 4.69) is 24.0 Å². The molecule has 2 heterocycles. The van der Waals surface area contributed by atoms with Crippen LogP contribution in [-0.4, -0.2) is 43.2 Å². The Bertz CT molecular complexity index is 485. The Hall–Kier alpha value is -1.55. The van der Waals surface area contributed by atoms with Crippen LogP contribution < -0.4 is 4.74 Å². The summed E-state index contributed by atoms with van der Waals surface area (Å²) in [4.78, 5) is 14.1. The zero-order chi connectivity index (χ0) is 14.1. The lowest BCUT2D eigenvalue weighted by molar-refractivity contribution is -0.142. The maximum Gasteiger partial charge on any atom is 0.323 e. The van der Waals surface area contributed by atoms with Gasteiger partial charge in [0.15, 0.2) is 0 Å². The number of carbonyl (C=O) groups is 1. The maximum atomic E-state index is 11.8. The summed E-state index contributed by atoms with van der Waals surface area (Å²) in [6.45, 7) is 3.71. The molecule has 1 aromatic rings. The molecule has 3 atom stereocenters. The fourth-order valence-corrected chi connectivity index (χ4v) is 3.39. The number of nitrogens with zero attached hydrogens (tertiary/aromatic N) is 1. The number of methoxy groups -OCH3 is 1. The lowest BCUT2D eigenvalue weighted by Gasteiger charge is -2.25. The van der Waals surface area contributed by atoms with E-state index < -0.39 is 0 Å². The van der Waals surface area contributed by atoms with Gasteiger partial charge >= 0.3 is 5.97 Å². The number of likely N-dealkylation sites (tertiary alicyclic amines) is 1. The molecule has 0 unspecified atom stereocenters. The summed E-state index contributed by atoms with van der Waals surface area (Å²) in [5.41, 5.74) is 1.33. The number of hydrogen-bond acceptors (Lipinski definition) is 4. The van der Waals surface area contributed by atoms with Crippen LogP contribution in [0.3, 0.4) is 0 Å². The molecule has 0 amide bonds. The molecular weight excluding hydrogens is 254 g/mol. The van der Waals surface area contributed by atoms with Crippen LogP contribution in [-0.2, 0) is 9.53 Å². The molecule has 0 saturated carbocycles. The molecule has 0 aromatic heterocycles. The third-order valence-electron chi connectivity index (χ3n) is 4.52. The number of rotatable bonds is 3. The summed E-state index contributed by atoms with van der Waals surface area (Å²) in [6.07, 6.45) is 1.93. The summed E-state index contributed by atoms with van der Waals surface area (Å²) in [5, 5.41) is 0. The Labute approximate surface area is 119 Å². The third kappa shape index (κ3) is 2.40. The summed E-state index contributed by atoms with van der Waals surface area (Å²) in [7, 11) is 1.68. The Morgan fingerprint density at radius 2 is 2.05 bits per heavy atom. The number of cyclic esters (lactones) is 1. The van der Waals surface area contributed by atoms with Crippen LogP contribution in [0.2, 0.25) is 0 Å². The van der Waals surface area contributed by atoms with Crippen molar-refractivity contribution in [1.29, 1.82) is 0 Å². The highest BCUT2D eigenvalue weighted by atomic mass is 16.5. The van der Waals surface area contributed by atoms with Crippen LogP contribution in [0, 0.1) is 0 Å². The molecule has 2 aliphatic heterocycles. The SMILES string of the molecule is COc1ccc([C@@H]2C[C@@H](C)N([C@@H]3CCOC3=O)C2)cc1. The first-order chi connectivity index (χ1) is 9.69. The van der Waals surface area contributed by atoms with Crippen LogP contribution in [0.25, 0.3) is 0 Å². The van der Waals surface area contributed by atoms with Gasteiger partial charge in [0.1, 0.15) is 11.8 Å². The Kier molecular flexibility index (Phi) is 3.66. The van der Waals surface area contributed by atoms with E-state index >= 15 is 0 Å². The van der Waals surface area contributed by atoms with E-state index in [4.69, 9.17) is 9.47 Å². The summed E-state index contributed by atoms with van der Waals surface area (Å²) in [5.74, 6) is 1.33. The molecule has 3 rings (SSSR count). The normalized spacial score (nSPS) is 30.5. The van der Waals surface area contributed by atoms with Gasteiger partial charge in [-0.3, -0.25) is 9.69 Å². The van der Waals surface area contributed by atoms with Crippen LogP contribution in [0.15, 0.2) is 24.3 Å². The van der Waals surface area contributed by atoms with Gasteiger partial charge in [0, 0.05) is 19.0 Å². The number of carbonyl (C=O) groups excluding carboxylic acids is 1. The molecule has 0 bridgehead atoms. The molecule has 0 spiro atoms. The average molecular weight is 275 g/mol. The molecule has 0 aliphatic carbocycles.